The van der Waals surface area contributed by atoms with E-state index in [1.54, 1.807) is 6.07 Å². The Morgan fingerprint density at radius 3 is 2.15 bits per heavy atom. The molecule has 5 heteroatoms. The minimum absolute atomic E-state index is 0.00892. The standard InChI is InChI=1S/C22H17ClN2OS/c23-18-12-7-13-19-21(18)25-22(27-19)24-20(26)14-17(15-8-3-1-4-9-15)16-10-5-2-6-11-16/h1-13,17H,14H2,(H,24,25,26). The van der Waals surface area contributed by atoms with Gasteiger partial charge in [0.25, 0.3) is 0 Å². The molecular weight excluding hydrogens is 376 g/mol. The minimum atomic E-state index is -0.0668. The number of halogens is 1. The molecule has 0 fully saturated rings. The Labute approximate surface area is 166 Å². The smallest absolute Gasteiger partial charge is 0.227 e. The zero-order valence-electron chi connectivity index (χ0n) is 14.4. The number of nitrogens with one attached hydrogen (secondary N) is 1. The van der Waals surface area contributed by atoms with E-state index in [1.807, 2.05) is 48.5 Å². The molecule has 1 amide bonds. The second-order valence-electron chi connectivity index (χ2n) is 6.23. The van der Waals surface area contributed by atoms with Crippen molar-refractivity contribution in [3.05, 3.63) is 95.0 Å². The van der Waals surface area contributed by atoms with Gasteiger partial charge >= 0.3 is 0 Å². The van der Waals surface area contributed by atoms with Gasteiger partial charge in [0.2, 0.25) is 5.91 Å². The first-order valence-corrected chi connectivity index (χ1v) is 9.85. The van der Waals surface area contributed by atoms with Crippen molar-refractivity contribution in [3.8, 4) is 0 Å². The van der Waals surface area contributed by atoms with Crippen LogP contribution in [0.3, 0.4) is 0 Å². The molecule has 3 aromatic carbocycles. The second kappa shape index (κ2) is 7.91. The van der Waals surface area contributed by atoms with Gasteiger partial charge in [0.15, 0.2) is 5.13 Å². The fourth-order valence-electron chi connectivity index (χ4n) is 3.12. The number of nitrogens with zero attached hydrogens (tertiary/aromatic N) is 1. The number of anilines is 1. The van der Waals surface area contributed by atoms with Gasteiger partial charge in [0.05, 0.1) is 9.72 Å². The van der Waals surface area contributed by atoms with Crippen LogP contribution in [0.5, 0.6) is 0 Å². The lowest BCUT2D eigenvalue weighted by molar-refractivity contribution is -0.116. The molecule has 0 aliphatic rings. The molecule has 0 unspecified atom stereocenters. The number of rotatable bonds is 5. The number of thiazole rings is 1. The number of hydrogen-bond donors (Lipinski definition) is 1. The summed E-state index contributed by atoms with van der Waals surface area (Å²) in [5.41, 5.74) is 2.96. The zero-order valence-corrected chi connectivity index (χ0v) is 16.0. The van der Waals surface area contributed by atoms with Crippen LogP contribution in [0.4, 0.5) is 5.13 Å². The third-order valence-corrected chi connectivity index (χ3v) is 5.65. The summed E-state index contributed by atoms with van der Waals surface area (Å²) >= 11 is 7.61. The van der Waals surface area contributed by atoms with E-state index in [2.05, 4.69) is 34.6 Å². The number of carbonyl (C=O) groups is 1. The Bertz CT molecular complexity index is 1020. The molecule has 0 radical (unpaired) electrons. The molecule has 0 saturated heterocycles. The topological polar surface area (TPSA) is 42.0 Å². The number of carbonyl (C=O) groups excluding carboxylic acids is 1. The van der Waals surface area contributed by atoms with E-state index in [0.29, 0.717) is 16.6 Å². The molecule has 3 nitrogen and oxygen atoms in total. The first kappa shape index (κ1) is 17.7. The van der Waals surface area contributed by atoms with Crippen molar-refractivity contribution in [1.29, 1.82) is 0 Å². The van der Waals surface area contributed by atoms with Crippen molar-refractivity contribution < 1.29 is 4.79 Å². The Balaban J connectivity index is 1.57. The maximum atomic E-state index is 12.8. The third-order valence-electron chi connectivity index (χ3n) is 4.41. The molecule has 27 heavy (non-hydrogen) atoms. The Kier molecular flexibility index (Phi) is 5.19. The van der Waals surface area contributed by atoms with Crippen LogP contribution in [0, 0.1) is 0 Å². The molecule has 0 aliphatic carbocycles. The van der Waals surface area contributed by atoms with Crippen molar-refractivity contribution in [3.63, 3.8) is 0 Å². The van der Waals surface area contributed by atoms with Gasteiger partial charge in [-0.2, -0.15) is 0 Å². The highest BCUT2D eigenvalue weighted by Crippen LogP contribution is 2.32. The lowest BCUT2D eigenvalue weighted by Gasteiger charge is -2.17. The van der Waals surface area contributed by atoms with Gasteiger partial charge < -0.3 is 5.32 Å². The van der Waals surface area contributed by atoms with Crippen molar-refractivity contribution in [2.24, 2.45) is 0 Å². The van der Waals surface area contributed by atoms with Crippen LogP contribution in [0.1, 0.15) is 23.5 Å². The van der Waals surface area contributed by atoms with Crippen molar-refractivity contribution >= 4 is 44.2 Å². The number of benzene rings is 3. The maximum absolute atomic E-state index is 12.8. The average molecular weight is 393 g/mol. The van der Waals surface area contributed by atoms with Crippen molar-refractivity contribution in [1.82, 2.24) is 4.98 Å². The van der Waals surface area contributed by atoms with Gasteiger partial charge in [-0.3, -0.25) is 4.79 Å². The van der Waals surface area contributed by atoms with E-state index < -0.39 is 0 Å². The SMILES string of the molecule is O=C(CC(c1ccccc1)c1ccccc1)Nc1nc2c(Cl)cccc2s1. The number of aromatic nitrogens is 1. The second-order valence-corrected chi connectivity index (χ2v) is 7.67. The highest BCUT2D eigenvalue weighted by molar-refractivity contribution is 7.22. The lowest BCUT2D eigenvalue weighted by atomic mass is 9.88. The van der Waals surface area contributed by atoms with E-state index in [4.69, 9.17) is 11.6 Å². The van der Waals surface area contributed by atoms with Crippen molar-refractivity contribution in [2.75, 3.05) is 5.32 Å². The largest absolute Gasteiger partial charge is 0.302 e. The summed E-state index contributed by atoms with van der Waals surface area (Å²) in [6, 6.07) is 25.8. The van der Waals surface area contributed by atoms with E-state index in [-0.39, 0.29) is 11.8 Å². The molecule has 0 saturated carbocycles. The van der Waals surface area contributed by atoms with Gasteiger partial charge in [0.1, 0.15) is 5.52 Å². The first-order chi connectivity index (χ1) is 13.2. The fourth-order valence-corrected chi connectivity index (χ4v) is 4.30. The molecule has 1 aromatic heterocycles. The number of hydrogen-bond acceptors (Lipinski definition) is 3. The van der Waals surface area contributed by atoms with Crippen LogP contribution in [-0.4, -0.2) is 10.9 Å². The summed E-state index contributed by atoms with van der Waals surface area (Å²) in [4.78, 5) is 17.2. The number of amides is 1. The van der Waals surface area contributed by atoms with Gasteiger partial charge in [-0.15, -0.1) is 0 Å². The van der Waals surface area contributed by atoms with Crippen LogP contribution in [0.25, 0.3) is 10.2 Å². The molecule has 1 heterocycles. The van der Waals surface area contributed by atoms with Crippen LogP contribution >= 0.6 is 22.9 Å². The molecule has 0 spiro atoms. The summed E-state index contributed by atoms with van der Waals surface area (Å²) in [7, 11) is 0. The van der Waals surface area contributed by atoms with Gasteiger partial charge in [-0.25, -0.2) is 4.98 Å². The molecule has 0 aliphatic heterocycles. The molecule has 4 aromatic rings. The number of para-hydroxylation sites is 1. The van der Waals surface area contributed by atoms with Gasteiger partial charge in [-0.1, -0.05) is 89.7 Å². The van der Waals surface area contributed by atoms with Crippen LogP contribution < -0.4 is 5.32 Å². The van der Waals surface area contributed by atoms with Crippen LogP contribution in [0.15, 0.2) is 78.9 Å². The van der Waals surface area contributed by atoms with Crippen LogP contribution in [-0.2, 0) is 4.79 Å². The van der Waals surface area contributed by atoms with E-state index in [1.165, 1.54) is 11.3 Å². The summed E-state index contributed by atoms with van der Waals surface area (Å²) in [5, 5.41) is 4.10. The summed E-state index contributed by atoms with van der Waals surface area (Å²) in [6.07, 6.45) is 0.345. The predicted octanol–water partition coefficient (Wildman–Crippen LogP) is 6.11. The first-order valence-electron chi connectivity index (χ1n) is 8.65. The quantitative estimate of drug-likeness (QED) is 0.445. The highest BCUT2D eigenvalue weighted by atomic mass is 35.5. The fraction of sp³-hybridized carbons (Fsp3) is 0.0909. The third kappa shape index (κ3) is 4.02. The number of fused-ring (bicyclic) bond motifs is 1. The Hall–Kier alpha value is -2.69. The summed E-state index contributed by atoms with van der Waals surface area (Å²) in [6.45, 7) is 0. The van der Waals surface area contributed by atoms with Gasteiger partial charge in [0, 0.05) is 12.3 Å². The Morgan fingerprint density at radius 1 is 0.926 bits per heavy atom. The normalized spacial score (nSPS) is 11.0. The van der Waals surface area contributed by atoms with Gasteiger partial charge in [-0.05, 0) is 23.3 Å². The van der Waals surface area contributed by atoms with E-state index >= 15 is 0 Å². The lowest BCUT2D eigenvalue weighted by Crippen LogP contribution is -2.16. The maximum Gasteiger partial charge on any atom is 0.227 e. The molecule has 1 N–H and O–H groups in total. The summed E-state index contributed by atoms with van der Waals surface area (Å²) < 4.78 is 0.959. The predicted molar refractivity (Wildman–Crippen MR) is 113 cm³/mol. The zero-order chi connectivity index (χ0) is 18.6. The summed E-state index contributed by atoms with van der Waals surface area (Å²) in [5.74, 6) is -0.0757. The molecule has 134 valence electrons. The van der Waals surface area contributed by atoms with E-state index in [9.17, 15) is 4.79 Å². The molecule has 0 atom stereocenters. The average Bonchev–Trinajstić information content (AvgIpc) is 3.11. The van der Waals surface area contributed by atoms with E-state index in [0.717, 1.165) is 21.3 Å². The molecular formula is C22H17ClN2OS. The minimum Gasteiger partial charge on any atom is -0.302 e. The van der Waals surface area contributed by atoms with Crippen LogP contribution in [0.2, 0.25) is 5.02 Å². The molecule has 4 rings (SSSR count). The monoisotopic (exact) mass is 392 g/mol. The highest BCUT2D eigenvalue weighted by Gasteiger charge is 2.19. The Morgan fingerprint density at radius 2 is 1.56 bits per heavy atom. The molecule has 0 bridgehead atoms. The van der Waals surface area contributed by atoms with Crippen molar-refractivity contribution in [2.45, 2.75) is 12.3 Å².